The third-order valence-corrected chi connectivity index (χ3v) is 4.99. The predicted molar refractivity (Wildman–Crippen MR) is 117 cm³/mol. The van der Waals surface area contributed by atoms with Crippen LogP contribution in [0.3, 0.4) is 0 Å². The third kappa shape index (κ3) is 4.95. The fraction of sp³-hybridized carbons (Fsp3) is 0.292. The minimum Gasteiger partial charge on any atom is -0.497 e. The Balaban J connectivity index is 1.82. The standard InChI is InChI=1S/C24H27N3O3/c1-5-27(6-2)24(28)19-9-7-18(8-10-19)20-13-21(29-4)15-22(14-20)30-16-23-17(3)25-11-12-26-23/h7-15H,5-6,16H2,1-4H3. The molecule has 1 aromatic heterocycles. The molecule has 0 N–H and O–H groups in total. The molecule has 6 heteroatoms. The van der Waals surface area contributed by atoms with Crippen LogP contribution < -0.4 is 9.47 Å². The zero-order valence-corrected chi connectivity index (χ0v) is 17.9. The van der Waals surface area contributed by atoms with E-state index in [9.17, 15) is 4.79 Å². The molecule has 6 nitrogen and oxygen atoms in total. The summed E-state index contributed by atoms with van der Waals surface area (Å²) in [6, 6.07) is 13.4. The molecular formula is C24H27N3O3. The number of nitrogens with zero attached hydrogens (tertiary/aromatic N) is 3. The molecule has 0 fully saturated rings. The van der Waals surface area contributed by atoms with Crippen LogP contribution in [0.5, 0.6) is 11.5 Å². The van der Waals surface area contributed by atoms with Crippen molar-refractivity contribution < 1.29 is 14.3 Å². The number of methoxy groups -OCH3 is 1. The van der Waals surface area contributed by atoms with Crippen molar-refractivity contribution in [2.24, 2.45) is 0 Å². The molecule has 1 heterocycles. The van der Waals surface area contributed by atoms with Gasteiger partial charge in [0.25, 0.3) is 5.91 Å². The lowest BCUT2D eigenvalue weighted by Crippen LogP contribution is -2.30. The van der Waals surface area contributed by atoms with Crippen molar-refractivity contribution in [1.29, 1.82) is 0 Å². The van der Waals surface area contributed by atoms with E-state index in [-0.39, 0.29) is 5.91 Å². The fourth-order valence-corrected chi connectivity index (χ4v) is 3.17. The number of aryl methyl sites for hydroxylation is 1. The average Bonchev–Trinajstić information content (AvgIpc) is 2.79. The summed E-state index contributed by atoms with van der Waals surface area (Å²) >= 11 is 0. The van der Waals surface area contributed by atoms with E-state index in [1.54, 1.807) is 24.4 Å². The Morgan fingerprint density at radius 3 is 2.23 bits per heavy atom. The number of carbonyl (C=O) groups excluding carboxylic acids is 1. The van der Waals surface area contributed by atoms with Crippen molar-refractivity contribution in [1.82, 2.24) is 14.9 Å². The van der Waals surface area contributed by atoms with E-state index in [1.807, 2.05) is 63.2 Å². The summed E-state index contributed by atoms with van der Waals surface area (Å²) in [5.41, 5.74) is 4.24. The maximum Gasteiger partial charge on any atom is 0.253 e. The van der Waals surface area contributed by atoms with Crippen LogP contribution in [0.2, 0.25) is 0 Å². The number of benzene rings is 2. The van der Waals surface area contributed by atoms with E-state index in [1.165, 1.54) is 0 Å². The number of ether oxygens (including phenoxy) is 2. The molecule has 0 aliphatic heterocycles. The lowest BCUT2D eigenvalue weighted by Gasteiger charge is -2.18. The molecule has 156 valence electrons. The highest BCUT2D eigenvalue weighted by atomic mass is 16.5. The number of aromatic nitrogens is 2. The van der Waals surface area contributed by atoms with E-state index < -0.39 is 0 Å². The summed E-state index contributed by atoms with van der Waals surface area (Å²) in [6.45, 7) is 7.58. The van der Waals surface area contributed by atoms with E-state index >= 15 is 0 Å². The van der Waals surface area contributed by atoms with Crippen LogP contribution in [0.25, 0.3) is 11.1 Å². The van der Waals surface area contributed by atoms with Gasteiger partial charge in [-0.25, -0.2) is 0 Å². The van der Waals surface area contributed by atoms with Crippen molar-refractivity contribution in [3.8, 4) is 22.6 Å². The number of rotatable bonds is 8. The quantitative estimate of drug-likeness (QED) is 0.551. The van der Waals surface area contributed by atoms with Crippen LogP contribution in [-0.4, -0.2) is 41.0 Å². The summed E-state index contributed by atoms with van der Waals surface area (Å²) in [5, 5.41) is 0. The zero-order valence-electron chi connectivity index (χ0n) is 17.9. The Labute approximate surface area is 177 Å². The summed E-state index contributed by atoms with van der Waals surface area (Å²) in [6.07, 6.45) is 3.32. The fourth-order valence-electron chi connectivity index (χ4n) is 3.17. The van der Waals surface area contributed by atoms with Gasteiger partial charge >= 0.3 is 0 Å². The van der Waals surface area contributed by atoms with Crippen LogP contribution in [0.1, 0.15) is 35.6 Å². The lowest BCUT2D eigenvalue weighted by molar-refractivity contribution is 0.0773. The highest BCUT2D eigenvalue weighted by Gasteiger charge is 2.13. The van der Waals surface area contributed by atoms with E-state index in [0.717, 1.165) is 22.5 Å². The first-order valence-corrected chi connectivity index (χ1v) is 10.0. The van der Waals surface area contributed by atoms with Gasteiger partial charge in [-0.05, 0) is 56.2 Å². The maximum absolute atomic E-state index is 12.5. The van der Waals surface area contributed by atoms with Gasteiger partial charge in [0.2, 0.25) is 0 Å². The number of hydrogen-bond acceptors (Lipinski definition) is 5. The minimum absolute atomic E-state index is 0.0422. The SMILES string of the molecule is CCN(CC)C(=O)c1ccc(-c2cc(OC)cc(OCc3nccnc3C)c2)cc1. The smallest absolute Gasteiger partial charge is 0.253 e. The highest BCUT2D eigenvalue weighted by Crippen LogP contribution is 2.30. The normalized spacial score (nSPS) is 10.5. The maximum atomic E-state index is 12.5. The van der Waals surface area contributed by atoms with Crippen molar-refractivity contribution in [2.75, 3.05) is 20.2 Å². The van der Waals surface area contributed by atoms with Gasteiger partial charge < -0.3 is 14.4 Å². The molecule has 0 aliphatic carbocycles. The summed E-state index contributed by atoms with van der Waals surface area (Å²) < 4.78 is 11.4. The number of hydrogen-bond donors (Lipinski definition) is 0. The van der Waals surface area contributed by atoms with Gasteiger partial charge in [0.15, 0.2) is 0 Å². The molecule has 0 saturated heterocycles. The second-order valence-corrected chi connectivity index (χ2v) is 6.83. The Morgan fingerprint density at radius 1 is 0.933 bits per heavy atom. The van der Waals surface area contributed by atoms with E-state index in [0.29, 0.717) is 36.8 Å². The van der Waals surface area contributed by atoms with Gasteiger partial charge in [-0.1, -0.05) is 12.1 Å². The van der Waals surface area contributed by atoms with Gasteiger partial charge in [-0.2, -0.15) is 0 Å². The lowest BCUT2D eigenvalue weighted by atomic mass is 10.0. The van der Waals surface area contributed by atoms with Crippen molar-refractivity contribution in [3.63, 3.8) is 0 Å². The Bertz CT molecular complexity index is 999. The van der Waals surface area contributed by atoms with Gasteiger partial charge in [-0.3, -0.25) is 14.8 Å². The second kappa shape index (κ2) is 9.87. The molecule has 30 heavy (non-hydrogen) atoms. The minimum atomic E-state index is 0.0422. The number of carbonyl (C=O) groups is 1. The van der Waals surface area contributed by atoms with Gasteiger partial charge in [0.1, 0.15) is 18.1 Å². The summed E-state index contributed by atoms with van der Waals surface area (Å²) in [7, 11) is 1.63. The monoisotopic (exact) mass is 405 g/mol. The van der Waals surface area contributed by atoms with Crippen LogP contribution in [0.15, 0.2) is 54.9 Å². The van der Waals surface area contributed by atoms with Crippen LogP contribution in [0, 0.1) is 6.92 Å². The van der Waals surface area contributed by atoms with Crippen LogP contribution in [-0.2, 0) is 6.61 Å². The molecule has 0 saturated carbocycles. The Kier molecular flexibility index (Phi) is 7.01. The molecule has 0 bridgehead atoms. The summed E-state index contributed by atoms with van der Waals surface area (Å²) in [4.78, 5) is 22.9. The molecule has 0 aliphatic rings. The number of amides is 1. The molecule has 1 amide bonds. The van der Waals surface area contributed by atoms with Crippen molar-refractivity contribution in [3.05, 3.63) is 71.8 Å². The Hall–Kier alpha value is -3.41. The third-order valence-electron chi connectivity index (χ3n) is 4.99. The first-order chi connectivity index (χ1) is 14.5. The molecule has 3 rings (SSSR count). The van der Waals surface area contributed by atoms with Gasteiger partial charge in [0, 0.05) is 37.1 Å². The molecule has 0 atom stereocenters. The highest BCUT2D eigenvalue weighted by molar-refractivity contribution is 5.94. The molecular weight excluding hydrogens is 378 g/mol. The van der Waals surface area contributed by atoms with Gasteiger partial charge in [0.05, 0.1) is 18.5 Å². The molecule has 3 aromatic rings. The van der Waals surface area contributed by atoms with E-state index in [4.69, 9.17) is 9.47 Å². The Morgan fingerprint density at radius 2 is 1.60 bits per heavy atom. The molecule has 0 radical (unpaired) electrons. The molecule has 2 aromatic carbocycles. The molecule has 0 spiro atoms. The van der Waals surface area contributed by atoms with E-state index in [2.05, 4.69) is 9.97 Å². The largest absolute Gasteiger partial charge is 0.497 e. The first kappa shape index (κ1) is 21.3. The van der Waals surface area contributed by atoms with Crippen LogP contribution in [0.4, 0.5) is 0 Å². The first-order valence-electron chi connectivity index (χ1n) is 10.0. The zero-order chi connectivity index (χ0) is 21.5. The topological polar surface area (TPSA) is 64.6 Å². The van der Waals surface area contributed by atoms with Crippen molar-refractivity contribution >= 4 is 5.91 Å². The van der Waals surface area contributed by atoms with Gasteiger partial charge in [-0.15, -0.1) is 0 Å². The van der Waals surface area contributed by atoms with Crippen LogP contribution >= 0.6 is 0 Å². The second-order valence-electron chi connectivity index (χ2n) is 6.83. The summed E-state index contributed by atoms with van der Waals surface area (Å²) in [5.74, 6) is 1.42. The van der Waals surface area contributed by atoms with Crippen molar-refractivity contribution in [2.45, 2.75) is 27.4 Å². The molecule has 0 unspecified atom stereocenters. The predicted octanol–water partition coefficient (Wildman–Crippen LogP) is 4.52. The average molecular weight is 405 g/mol.